The van der Waals surface area contributed by atoms with Crippen molar-refractivity contribution in [1.29, 1.82) is 0 Å². The Morgan fingerprint density at radius 3 is 2.34 bits per heavy atom. The van der Waals surface area contributed by atoms with E-state index < -0.39 is 0 Å². The van der Waals surface area contributed by atoms with Crippen molar-refractivity contribution in [2.75, 3.05) is 0 Å². The Hall–Kier alpha value is -0.300. The van der Waals surface area contributed by atoms with Gasteiger partial charge >= 0.3 is 0 Å². The van der Waals surface area contributed by atoms with E-state index in [0.29, 0.717) is 16.7 Å². The highest BCUT2D eigenvalue weighted by molar-refractivity contribution is 5.10. The highest BCUT2D eigenvalue weighted by atomic mass is 16.3. The predicted molar refractivity (Wildman–Crippen MR) is 124 cm³/mol. The zero-order chi connectivity index (χ0) is 21.0. The molecule has 0 saturated heterocycles. The summed E-state index contributed by atoms with van der Waals surface area (Å²) in [5.41, 5.74) is 1.11. The highest BCUT2D eigenvalue weighted by Gasteiger charge is 2.59. The van der Waals surface area contributed by atoms with Crippen molar-refractivity contribution in [3.8, 4) is 0 Å². The van der Waals surface area contributed by atoms with E-state index >= 15 is 0 Å². The SMILES string of the molecule is CC(C)C(C)C=CC(C)C1CC2C3CCC4CC(O)CCC4(C)C3CCC2(C)C1. The second-order valence-corrected chi connectivity index (χ2v) is 12.8. The molecule has 0 aromatic carbocycles. The number of hydrogen-bond acceptors (Lipinski definition) is 1. The third-order valence-electron chi connectivity index (χ3n) is 11.0. The van der Waals surface area contributed by atoms with Gasteiger partial charge in [0.25, 0.3) is 0 Å². The minimum absolute atomic E-state index is 0.0183. The van der Waals surface area contributed by atoms with E-state index in [0.717, 1.165) is 54.3 Å². The molecule has 4 aliphatic rings. The van der Waals surface area contributed by atoms with Crippen molar-refractivity contribution in [1.82, 2.24) is 0 Å². The first-order valence-electron chi connectivity index (χ1n) is 13.0. The minimum atomic E-state index is -0.0183. The molecule has 0 heterocycles. The Balaban J connectivity index is 1.48. The summed E-state index contributed by atoms with van der Waals surface area (Å²) in [6.45, 7) is 14.8. The van der Waals surface area contributed by atoms with E-state index in [9.17, 15) is 5.11 Å². The maximum Gasteiger partial charge on any atom is 0.0543 e. The summed E-state index contributed by atoms with van der Waals surface area (Å²) in [7, 11) is 0. The van der Waals surface area contributed by atoms with Crippen molar-refractivity contribution < 1.29 is 5.11 Å². The third kappa shape index (κ3) is 3.88. The van der Waals surface area contributed by atoms with E-state index in [-0.39, 0.29) is 6.10 Å². The Morgan fingerprint density at radius 1 is 0.862 bits per heavy atom. The van der Waals surface area contributed by atoms with Gasteiger partial charge in [-0.25, -0.2) is 0 Å². The molecular weight excluding hydrogens is 352 g/mol. The molecule has 29 heavy (non-hydrogen) atoms. The van der Waals surface area contributed by atoms with Crippen LogP contribution in [0.4, 0.5) is 0 Å². The average molecular weight is 401 g/mol. The van der Waals surface area contributed by atoms with Gasteiger partial charge in [-0.3, -0.25) is 0 Å². The molecule has 10 atom stereocenters. The van der Waals surface area contributed by atoms with E-state index in [2.05, 4.69) is 53.7 Å². The van der Waals surface area contributed by atoms with Crippen LogP contribution in [0.1, 0.15) is 99.3 Å². The van der Waals surface area contributed by atoms with Gasteiger partial charge in [-0.2, -0.15) is 0 Å². The van der Waals surface area contributed by atoms with Gasteiger partial charge in [0.2, 0.25) is 0 Å². The monoisotopic (exact) mass is 400 g/mol. The molecule has 1 N–H and O–H groups in total. The van der Waals surface area contributed by atoms with Crippen LogP contribution in [-0.2, 0) is 0 Å². The van der Waals surface area contributed by atoms with Crippen LogP contribution in [0.25, 0.3) is 0 Å². The van der Waals surface area contributed by atoms with Gasteiger partial charge < -0.3 is 5.11 Å². The van der Waals surface area contributed by atoms with Crippen molar-refractivity contribution >= 4 is 0 Å². The van der Waals surface area contributed by atoms with Crippen LogP contribution in [0.3, 0.4) is 0 Å². The summed E-state index contributed by atoms with van der Waals surface area (Å²) in [5.74, 6) is 6.68. The summed E-state index contributed by atoms with van der Waals surface area (Å²) in [4.78, 5) is 0. The van der Waals surface area contributed by atoms with Crippen LogP contribution in [-0.4, -0.2) is 11.2 Å². The molecular formula is C28H48O. The molecule has 0 bridgehead atoms. The normalized spacial score (nSPS) is 49.5. The van der Waals surface area contributed by atoms with Gasteiger partial charge in [-0.05, 0) is 116 Å². The lowest BCUT2D eigenvalue weighted by Gasteiger charge is -2.60. The molecule has 0 radical (unpaired) electrons. The second kappa shape index (κ2) is 7.99. The lowest BCUT2D eigenvalue weighted by molar-refractivity contribution is -0.120. The molecule has 4 rings (SSSR count). The number of aliphatic hydroxyl groups excluding tert-OH is 1. The lowest BCUT2D eigenvalue weighted by Crippen LogP contribution is -2.53. The largest absolute Gasteiger partial charge is 0.393 e. The van der Waals surface area contributed by atoms with Gasteiger partial charge in [0.05, 0.1) is 6.10 Å². The molecule has 1 nitrogen and oxygen atoms in total. The van der Waals surface area contributed by atoms with Crippen molar-refractivity contribution in [3.63, 3.8) is 0 Å². The first-order valence-corrected chi connectivity index (χ1v) is 13.0. The maximum absolute atomic E-state index is 10.3. The van der Waals surface area contributed by atoms with Gasteiger partial charge in [-0.15, -0.1) is 0 Å². The Kier molecular flexibility index (Phi) is 6.04. The number of aliphatic hydroxyl groups is 1. The standard InChI is InChI=1S/C28H48O/c1-18(2)19(3)7-8-20(4)21-15-26-24-10-9-22-16-23(29)11-14-28(22,6)25(24)12-13-27(26,5)17-21/h7-8,18-26,29H,9-17H2,1-6H3. The maximum atomic E-state index is 10.3. The summed E-state index contributed by atoms with van der Waals surface area (Å²) in [6.07, 6.45) is 17.1. The fraction of sp³-hybridized carbons (Fsp3) is 0.929. The minimum Gasteiger partial charge on any atom is -0.393 e. The molecule has 0 aromatic heterocycles. The molecule has 0 aromatic rings. The zero-order valence-corrected chi connectivity index (χ0v) is 20.2. The van der Waals surface area contributed by atoms with Crippen LogP contribution in [0.15, 0.2) is 12.2 Å². The number of rotatable bonds is 4. The average Bonchev–Trinajstić information content (AvgIpc) is 3.04. The van der Waals surface area contributed by atoms with Gasteiger partial charge in [0.1, 0.15) is 0 Å². The molecule has 0 aliphatic heterocycles. The Morgan fingerprint density at radius 2 is 1.62 bits per heavy atom. The summed E-state index contributed by atoms with van der Waals surface area (Å²) < 4.78 is 0. The van der Waals surface area contributed by atoms with Crippen LogP contribution < -0.4 is 0 Å². The predicted octanol–water partition coefficient (Wildman–Crippen LogP) is 7.49. The Labute approximate surface area is 181 Å². The van der Waals surface area contributed by atoms with E-state index in [1.807, 2.05) is 0 Å². The van der Waals surface area contributed by atoms with Gasteiger partial charge in [-0.1, -0.05) is 53.7 Å². The fourth-order valence-electron chi connectivity index (χ4n) is 8.48. The molecule has 1 heteroatoms. The molecule has 10 unspecified atom stereocenters. The molecule has 166 valence electrons. The molecule has 0 amide bonds. The quantitative estimate of drug-likeness (QED) is 0.485. The molecule has 4 saturated carbocycles. The van der Waals surface area contributed by atoms with Crippen molar-refractivity contribution in [2.24, 2.45) is 58.2 Å². The van der Waals surface area contributed by atoms with Crippen molar-refractivity contribution in [2.45, 2.75) is 105 Å². The third-order valence-corrected chi connectivity index (χ3v) is 11.0. The van der Waals surface area contributed by atoms with Crippen LogP contribution in [0.5, 0.6) is 0 Å². The van der Waals surface area contributed by atoms with Crippen LogP contribution in [0, 0.1) is 58.2 Å². The first-order chi connectivity index (χ1) is 13.6. The van der Waals surface area contributed by atoms with E-state index in [4.69, 9.17) is 0 Å². The van der Waals surface area contributed by atoms with Gasteiger partial charge in [0, 0.05) is 0 Å². The highest BCUT2D eigenvalue weighted by Crippen LogP contribution is 2.67. The van der Waals surface area contributed by atoms with Crippen molar-refractivity contribution in [3.05, 3.63) is 12.2 Å². The smallest absolute Gasteiger partial charge is 0.0543 e. The first kappa shape index (κ1) is 21.9. The Bertz CT molecular complexity index is 607. The van der Waals surface area contributed by atoms with Gasteiger partial charge in [0.15, 0.2) is 0 Å². The molecule has 0 spiro atoms. The number of hydrogen-bond donors (Lipinski definition) is 1. The zero-order valence-electron chi connectivity index (χ0n) is 20.2. The van der Waals surface area contributed by atoms with E-state index in [1.54, 1.807) is 0 Å². The summed E-state index contributed by atoms with van der Waals surface area (Å²) in [6, 6.07) is 0. The topological polar surface area (TPSA) is 20.2 Å². The number of allylic oxidation sites excluding steroid dienone is 2. The van der Waals surface area contributed by atoms with Crippen LogP contribution in [0.2, 0.25) is 0 Å². The lowest BCUT2D eigenvalue weighted by atomic mass is 9.45. The second-order valence-electron chi connectivity index (χ2n) is 12.8. The van der Waals surface area contributed by atoms with Crippen LogP contribution >= 0.6 is 0 Å². The fourth-order valence-corrected chi connectivity index (χ4v) is 8.48. The molecule has 4 fully saturated rings. The molecule has 4 aliphatic carbocycles. The van der Waals surface area contributed by atoms with E-state index in [1.165, 1.54) is 44.9 Å². The summed E-state index contributed by atoms with van der Waals surface area (Å²) >= 11 is 0. The summed E-state index contributed by atoms with van der Waals surface area (Å²) in [5, 5.41) is 10.3. The number of fused-ring (bicyclic) bond motifs is 5.